The van der Waals surface area contributed by atoms with Gasteiger partial charge in [0.15, 0.2) is 0 Å². The zero-order valence-corrected chi connectivity index (χ0v) is 13.3. The van der Waals surface area contributed by atoms with Crippen LogP contribution in [0.2, 0.25) is 0 Å². The van der Waals surface area contributed by atoms with E-state index in [9.17, 15) is 8.42 Å². The Kier molecular flexibility index (Phi) is 2.99. The van der Waals surface area contributed by atoms with E-state index in [2.05, 4.69) is 10.2 Å². The molecular formula is C15H23N3O2S. The van der Waals surface area contributed by atoms with Crippen LogP contribution in [0, 0.1) is 23.2 Å². The van der Waals surface area contributed by atoms with Gasteiger partial charge >= 0.3 is 0 Å². The number of aromatic amines is 1. The molecule has 1 heterocycles. The van der Waals surface area contributed by atoms with Crippen molar-refractivity contribution in [2.45, 2.75) is 43.4 Å². The van der Waals surface area contributed by atoms with Crippen LogP contribution in [0.1, 0.15) is 38.5 Å². The van der Waals surface area contributed by atoms with Crippen LogP contribution in [0.4, 0.5) is 0 Å². The van der Waals surface area contributed by atoms with Gasteiger partial charge in [0, 0.05) is 19.8 Å². The zero-order valence-electron chi connectivity index (χ0n) is 12.5. The van der Waals surface area contributed by atoms with Crippen molar-refractivity contribution < 1.29 is 8.42 Å². The summed E-state index contributed by atoms with van der Waals surface area (Å²) < 4.78 is 26.7. The maximum atomic E-state index is 12.6. The Morgan fingerprint density at radius 3 is 2.29 bits per heavy atom. The van der Waals surface area contributed by atoms with Crippen molar-refractivity contribution in [2.24, 2.45) is 23.2 Å². The lowest BCUT2D eigenvalue weighted by Gasteiger charge is -2.57. The molecule has 0 spiro atoms. The molecule has 21 heavy (non-hydrogen) atoms. The fraction of sp³-hybridized carbons (Fsp3) is 0.800. The summed E-state index contributed by atoms with van der Waals surface area (Å²) in [5, 5.41) is 6.36. The summed E-state index contributed by atoms with van der Waals surface area (Å²) in [6.45, 7) is 0.671. The molecule has 1 aromatic rings. The number of hydrogen-bond acceptors (Lipinski definition) is 3. The third-order valence-corrected chi connectivity index (χ3v) is 7.67. The monoisotopic (exact) mass is 309 g/mol. The van der Waals surface area contributed by atoms with Gasteiger partial charge in [-0.3, -0.25) is 5.10 Å². The Balaban J connectivity index is 1.56. The molecule has 0 radical (unpaired) electrons. The van der Waals surface area contributed by atoms with E-state index in [0.29, 0.717) is 6.54 Å². The summed E-state index contributed by atoms with van der Waals surface area (Å²) >= 11 is 0. The highest BCUT2D eigenvalue weighted by Gasteiger charge is 2.51. The molecular weight excluding hydrogens is 286 g/mol. The van der Waals surface area contributed by atoms with E-state index in [1.807, 2.05) is 0 Å². The first-order valence-corrected chi connectivity index (χ1v) is 9.36. The van der Waals surface area contributed by atoms with Gasteiger partial charge in [-0.15, -0.1) is 0 Å². The van der Waals surface area contributed by atoms with Crippen molar-refractivity contribution in [3.63, 3.8) is 0 Å². The standard InChI is InChI=1S/C15H23N3O2S/c1-18(21(19,20)14-8-16-17-9-14)10-15-5-11-2-12(6-15)4-13(3-11)7-15/h8-9,11-13H,2-7,10H2,1H3,(H,16,17). The second-order valence-electron chi connectivity index (χ2n) is 7.61. The van der Waals surface area contributed by atoms with Gasteiger partial charge in [-0.1, -0.05) is 0 Å². The number of nitrogens with zero attached hydrogens (tertiary/aromatic N) is 2. The van der Waals surface area contributed by atoms with Crippen LogP contribution in [0.5, 0.6) is 0 Å². The molecule has 0 amide bonds. The number of H-pyrrole nitrogens is 1. The molecule has 0 aromatic carbocycles. The third-order valence-electron chi connectivity index (χ3n) is 5.90. The number of sulfonamides is 1. The number of rotatable bonds is 4. The molecule has 4 aliphatic carbocycles. The highest BCUT2D eigenvalue weighted by Crippen LogP contribution is 2.60. The van der Waals surface area contributed by atoms with Crippen LogP contribution < -0.4 is 0 Å². The van der Waals surface area contributed by atoms with E-state index < -0.39 is 10.0 Å². The lowest BCUT2D eigenvalue weighted by atomic mass is 9.49. The molecule has 4 saturated carbocycles. The minimum atomic E-state index is -3.40. The van der Waals surface area contributed by atoms with E-state index in [1.165, 1.54) is 50.9 Å². The van der Waals surface area contributed by atoms with Crippen molar-refractivity contribution in [3.8, 4) is 0 Å². The fourth-order valence-electron chi connectivity index (χ4n) is 5.60. The van der Waals surface area contributed by atoms with Crippen molar-refractivity contribution in [1.82, 2.24) is 14.5 Å². The van der Waals surface area contributed by atoms with Crippen LogP contribution in [0.3, 0.4) is 0 Å². The van der Waals surface area contributed by atoms with Gasteiger partial charge in [0.1, 0.15) is 4.90 Å². The topological polar surface area (TPSA) is 66.1 Å². The van der Waals surface area contributed by atoms with Gasteiger partial charge < -0.3 is 0 Å². The third kappa shape index (κ3) is 2.23. The Morgan fingerprint density at radius 1 is 1.24 bits per heavy atom. The van der Waals surface area contributed by atoms with E-state index in [4.69, 9.17) is 0 Å². The van der Waals surface area contributed by atoms with Crippen LogP contribution in [-0.2, 0) is 10.0 Å². The minimum Gasteiger partial charge on any atom is -0.284 e. The molecule has 116 valence electrons. The SMILES string of the molecule is CN(CC12CC3CC(CC(C3)C1)C2)S(=O)(=O)c1cn[nH]c1. The van der Waals surface area contributed by atoms with E-state index >= 15 is 0 Å². The molecule has 0 saturated heterocycles. The largest absolute Gasteiger partial charge is 0.284 e. The van der Waals surface area contributed by atoms with Gasteiger partial charge in [0.25, 0.3) is 0 Å². The molecule has 5 nitrogen and oxygen atoms in total. The molecule has 0 unspecified atom stereocenters. The van der Waals surface area contributed by atoms with Gasteiger partial charge in [-0.25, -0.2) is 12.7 Å². The second kappa shape index (κ2) is 4.56. The molecule has 0 atom stereocenters. The Morgan fingerprint density at radius 2 is 1.81 bits per heavy atom. The van der Waals surface area contributed by atoms with Gasteiger partial charge in [0.05, 0.1) is 6.20 Å². The number of hydrogen-bond donors (Lipinski definition) is 1. The van der Waals surface area contributed by atoms with E-state index in [1.54, 1.807) is 11.4 Å². The van der Waals surface area contributed by atoms with Crippen molar-refractivity contribution >= 4 is 10.0 Å². The first-order chi connectivity index (χ1) is 9.97. The van der Waals surface area contributed by atoms with Crippen molar-refractivity contribution in [2.75, 3.05) is 13.6 Å². The molecule has 4 aliphatic rings. The molecule has 6 heteroatoms. The minimum absolute atomic E-state index is 0.236. The molecule has 4 fully saturated rings. The summed E-state index contributed by atoms with van der Waals surface area (Å²) in [4.78, 5) is 0.273. The average molecular weight is 309 g/mol. The Hall–Kier alpha value is -0.880. The quantitative estimate of drug-likeness (QED) is 0.927. The Labute approximate surface area is 126 Å². The fourth-order valence-corrected chi connectivity index (χ4v) is 6.79. The summed E-state index contributed by atoms with van der Waals surface area (Å²) in [6, 6.07) is 0. The molecule has 4 bridgehead atoms. The maximum absolute atomic E-state index is 12.6. The predicted molar refractivity (Wildman–Crippen MR) is 79.0 cm³/mol. The summed E-state index contributed by atoms with van der Waals surface area (Å²) in [5.74, 6) is 2.55. The summed E-state index contributed by atoms with van der Waals surface area (Å²) in [5.41, 5.74) is 0.236. The summed E-state index contributed by atoms with van der Waals surface area (Å²) in [6.07, 6.45) is 10.7. The van der Waals surface area contributed by atoms with Crippen molar-refractivity contribution in [1.29, 1.82) is 0 Å². The lowest BCUT2D eigenvalue weighted by molar-refractivity contribution is -0.0583. The normalized spacial score (nSPS) is 38.3. The molecule has 5 rings (SSSR count). The maximum Gasteiger partial charge on any atom is 0.245 e. The van der Waals surface area contributed by atoms with Gasteiger partial charge in [0.2, 0.25) is 10.0 Å². The van der Waals surface area contributed by atoms with Crippen LogP contribution in [0.25, 0.3) is 0 Å². The summed E-state index contributed by atoms with van der Waals surface area (Å²) in [7, 11) is -1.68. The smallest absolute Gasteiger partial charge is 0.245 e. The average Bonchev–Trinajstić information content (AvgIpc) is 2.90. The van der Waals surface area contributed by atoms with Crippen LogP contribution in [-0.4, -0.2) is 36.5 Å². The molecule has 0 aliphatic heterocycles. The lowest BCUT2D eigenvalue weighted by Crippen LogP contribution is -2.51. The first-order valence-electron chi connectivity index (χ1n) is 7.92. The van der Waals surface area contributed by atoms with Gasteiger partial charge in [-0.05, 0) is 61.7 Å². The highest BCUT2D eigenvalue weighted by molar-refractivity contribution is 7.89. The van der Waals surface area contributed by atoms with E-state index in [-0.39, 0.29) is 10.3 Å². The van der Waals surface area contributed by atoms with Crippen LogP contribution >= 0.6 is 0 Å². The second-order valence-corrected chi connectivity index (χ2v) is 9.66. The number of nitrogens with one attached hydrogen (secondary N) is 1. The first kappa shape index (κ1) is 13.8. The van der Waals surface area contributed by atoms with Gasteiger partial charge in [-0.2, -0.15) is 5.10 Å². The van der Waals surface area contributed by atoms with E-state index in [0.717, 1.165) is 17.8 Å². The van der Waals surface area contributed by atoms with Crippen LogP contribution in [0.15, 0.2) is 17.3 Å². The molecule has 1 aromatic heterocycles. The number of aromatic nitrogens is 2. The predicted octanol–water partition coefficient (Wildman–Crippen LogP) is 2.25. The zero-order chi connectivity index (χ0) is 14.7. The Bertz CT molecular complexity index is 588. The van der Waals surface area contributed by atoms with Crippen molar-refractivity contribution in [3.05, 3.63) is 12.4 Å². The highest BCUT2D eigenvalue weighted by atomic mass is 32.2. The molecule has 1 N–H and O–H groups in total.